The second kappa shape index (κ2) is 5.84. The first-order chi connectivity index (χ1) is 9.82. The van der Waals surface area contributed by atoms with Gasteiger partial charge in [-0.25, -0.2) is 13.6 Å². The number of nitro groups is 1. The van der Waals surface area contributed by atoms with Gasteiger partial charge >= 0.3 is 0 Å². The Bertz CT molecular complexity index is 653. The molecule has 21 heavy (non-hydrogen) atoms. The molecule has 0 spiro atoms. The molecule has 0 aliphatic carbocycles. The number of non-ortho nitro benzene ring substituents is 1. The maximum absolute atomic E-state index is 11.6. The Morgan fingerprint density at radius 1 is 1.48 bits per heavy atom. The van der Waals surface area contributed by atoms with Gasteiger partial charge in [0, 0.05) is 12.5 Å². The second-order valence-corrected chi connectivity index (χ2v) is 5.91. The summed E-state index contributed by atoms with van der Waals surface area (Å²) < 4.78 is 38.8. The van der Waals surface area contributed by atoms with Crippen LogP contribution < -0.4 is 14.6 Å². The van der Waals surface area contributed by atoms with Crippen molar-refractivity contribution in [3.05, 3.63) is 22.2 Å². The first-order valence-electron chi connectivity index (χ1n) is 5.96. The number of rotatable bonds is 5. The van der Waals surface area contributed by atoms with E-state index in [0.29, 0.717) is 19.6 Å². The third-order valence-electron chi connectivity index (χ3n) is 2.91. The van der Waals surface area contributed by atoms with Crippen LogP contribution in [-0.4, -0.2) is 39.8 Å². The molecule has 1 aromatic carbocycles. The van der Waals surface area contributed by atoms with E-state index >= 15 is 0 Å². The molecule has 0 bridgehead atoms. The predicted octanol–water partition coefficient (Wildman–Crippen LogP) is 0.418. The molecule has 1 aliphatic heterocycles. The Labute approximate surface area is 120 Å². The van der Waals surface area contributed by atoms with Gasteiger partial charge < -0.3 is 14.2 Å². The number of benzene rings is 1. The highest BCUT2D eigenvalue weighted by Gasteiger charge is 2.27. The maximum Gasteiger partial charge on any atom is 0.274 e. The number of primary sulfonamides is 1. The smallest absolute Gasteiger partial charge is 0.274 e. The van der Waals surface area contributed by atoms with E-state index in [1.807, 2.05) is 0 Å². The van der Waals surface area contributed by atoms with Gasteiger partial charge in [-0.3, -0.25) is 10.1 Å². The summed E-state index contributed by atoms with van der Waals surface area (Å²) in [6.45, 7) is 0.820. The molecule has 9 nitrogen and oxygen atoms in total. The lowest BCUT2D eigenvalue weighted by molar-refractivity contribution is -0.385. The molecule has 1 aromatic rings. The quantitative estimate of drug-likeness (QED) is 0.614. The van der Waals surface area contributed by atoms with Crippen LogP contribution >= 0.6 is 0 Å². The standard InChI is InChI=1S/C11H14N2O7S/c1-18-11-9(20-8-2-3-19-6-8)4-7(13(14)15)5-10(11)21(12,16)17/h4-5,8H,2-3,6H2,1H3,(H2,12,16,17). The largest absolute Gasteiger partial charge is 0.492 e. The van der Waals surface area contributed by atoms with E-state index < -0.39 is 25.5 Å². The Morgan fingerprint density at radius 2 is 2.19 bits per heavy atom. The van der Waals surface area contributed by atoms with Gasteiger partial charge in [-0.2, -0.15) is 0 Å². The van der Waals surface area contributed by atoms with Crippen molar-refractivity contribution in [2.24, 2.45) is 5.14 Å². The highest BCUT2D eigenvalue weighted by atomic mass is 32.2. The molecular weight excluding hydrogens is 304 g/mol. The monoisotopic (exact) mass is 318 g/mol. The number of hydrogen-bond acceptors (Lipinski definition) is 7. The van der Waals surface area contributed by atoms with Crippen molar-refractivity contribution in [2.75, 3.05) is 20.3 Å². The predicted molar refractivity (Wildman–Crippen MR) is 70.9 cm³/mol. The van der Waals surface area contributed by atoms with Gasteiger partial charge in [0.1, 0.15) is 11.0 Å². The molecule has 1 atom stereocenters. The number of nitrogens with two attached hydrogens (primary N) is 1. The van der Waals surface area contributed by atoms with Crippen LogP contribution in [0.2, 0.25) is 0 Å². The topological polar surface area (TPSA) is 131 Å². The number of methoxy groups -OCH3 is 1. The summed E-state index contributed by atoms with van der Waals surface area (Å²) in [5, 5.41) is 16.0. The Morgan fingerprint density at radius 3 is 2.67 bits per heavy atom. The van der Waals surface area contributed by atoms with Crippen molar-refractivity contribution in [1.82, 2.24) is 0 Å². The molecule has 116 valence electrons. The van der Waals surface area contributed by atoms with Crippen LogP contribution in [-0.2, 0) is 14.8 Å². The average Bonchev–Trinajstić information content (AvgIpc) is 2.89. The lowest BCUT2D eigenvalue weighted by Crippen LogP contribution is -2.18. The molecule has 2 N–H and O–H groups in total. The van der Waals surface area contributed by atoms with Gasteiger partial charge in [0.15, 0.2) is 11.5 Å². The minimum atomic E-state index is -4.20. The summed E-state index contributed by atoms with van der Waals surface area (Å²) in [7, 11) is -2.97. The van der Waals surface area contributed by atoms with Crippen LogP contribution in [0.3, 0.4) is 0 Å². The third kappa shape index (κ3) is 3.40. The zero-order chi connectivity index (χ0) is 15.6. The van der Waals surface area contributed by atoms with Gasteiger partial charge in [-0.15, -0.1) is 0 Å². The fourth-order valence-electron chi connectivity index (χ4n) is 1.95. The summed E-state index contributed by atoms with van der Waals surface area (Å²) in [6.07, 6.45) is 0.269. The van der Waals surface area contributed by atoms with Gasteiger partial charge in [-0.05, 0) is 0 Å². The van der Waals surface area contributed by atoms with Crippen LogP contribution in [0.25, 0.3) is 0 Å². The van der Waals surface area contributed by atoms with Crippen LogP contribution in [0, 0.1) is 10.1 Å². The molecule has 1 saturated heterocycles. The number of nitro benzene ring substituents is 1. The average molecular weight is 318 g/mol. The second-order valence-electron chi connectivity index (χ2n) is 4.38. The Kier molecular flexibility index (Phi) is 4.30. The molecular formula is C11H14N2O7S. The molecule has 1 heterocycles. The van der Waals surface area contributed by atoms with Gasteiger partial charge in [0.25, 0.3) is 5.69 Å². The molecule has 1 aliphatic rings. The molecule has 1 unspecified atom stereocenters. The van der Waals surface area contributed by atoms with Crippen molar-refractivity contribution in [3.8, 4) is 11.5 Å². The van der Waals surface area contributed by atoms with Crippen LogP contribution in [0.4, 0.5) is 5.69 Å². The van der Waals surface area contributed by atoms with Gasteiger partial charge in [-0.1, -0.05) is 0 Å². The molecule has 0 amide bonds. The van der Waals surface area contributed by atoms with E-state index in [4.69, 9.17) is 19.3 Å². The summed E-state index contributed by atoms with van der Waals surface area (Å²) in [5.41, 5.74) is -0.450. The SMILES string of the molecule is COc1c(OC2CCOC2)cc([N+](=O)[O-])cc1S(N)(=O)=O. The normalized spacial score (nSPS) is 18.5. The molecule has 10 heteroatoms. The lowest BCUT2D eigenvalue weighted by Gasteiger charge is -2.16. The van der Waals surface area contributed by atoms with Gasteiger partial charge in [0.2, 0.25) is 10.0 Å². The minimum absolute atomic E-state index is 0.0498. The van der Waals surface area contributed by atoms with Crippen LogP contribution in [0.5, 0.6) is 11.5 Å². The van der Waals surface area contributed by atoms with Crippen molar-refractivity contribution < 1.29 is 27.6 Å². The van der Waals surface area contributed by atoms with Crippen molar-refractivity contribution in [3.63, 3.8) is 0 Å². The fraction of sp³-hybridized carbons (Fsp3) is 0.455. The van der Waals surface area contributed by atoms with E-state index in [0.717, 1.165) is 12.1 Å². The minimum Gasteiger partial charge on any atom is -0.492 e. The summed E-state index contributed by atoms with van der Waals surface area (Å²) >= 11 is 0. The van der Waals surface area contributed by atoms with E-state index in [2.05, 4.69) is 0 Å². The van der Waals surface area contributed by atoms with Crippen molar-refractivity contribution in [2.45, 2.75) is 17.4 Å². The van der Waals surface area contributed by atoms with Crippen LogP contribution in [0.1, 0.15) is 6.42 Å². The van der Waals surface area contributed by atoms with E-state index in [1.165, 1.54) is 7.11 Å². The zero-order valence-corrected chi connectivity index (χ0v) is 12.0. The first kappa shape index (κ1) is 15.5. The van der Waals surface area contributed by atoms with Crippen LogP contribution in [0.15, 0.2) is 17.0 Å². The number of sulfonamides is 1. The Balaban J connectivity index is 2.54. The summed E-state index contributed by atoms with van der Waals surface area (Å²) in [4.78, 5) is 9.70. The van der Waals surface area contributed by atoms with E-state index in [9.17, 15) is 18.5 Å². The van der Waals surface area contributed by atoms with Crippen molar-refractivity contribution >= 4 is 15.7 Å². The third-order valence-corrected chi connectivity index (χ3v) is 3.82. The first-order valence-corrected chi connectivity index (χ1v) is 7.51. The lowest BCUT2D eigenvalue weighted by atomic mass is 10.2. The molecule has 2 rings (SSSR count). The highest BCUT2D eigenvalue weighted by Crippen LogP contribution is 2.38. The summed E-state index contributed by atoms with van der Waals surface area (Å²) in [6, 6.07) is 1.94. The number of nitrogens with zero attached hydrogens (tertiary/aromatic N) is 1. The number of hydrogen-bond donors (Lipinski definition) is 1. The Hall–Kier alpha value is -1.91. The fourth-order valence-corrected chi connectivity index (χ4v) is 2.68. The maximum atomic E-state index is 11.6. The van der Waals surface area contributed by atoms with Gasteiger partial charge in [0.05, 0.1) is 31.3 Å². The summed E-state index contributed by atoms with van der Waals surface area (Å²) in [5.74, 6) is -0.207. The molecule has 1 fully saturated rings. The highest BCUT2D eigenvalue weighted by molar-refractivity contribution is 7.89. The van der Waals surface area contributed by atoms with E-state index in [-0.39, 0.29) is 17.6 Å². The zero-order valence-electron chi connectivity index (χ0n) is 11.1. The molecule has 0 radical (unpaired) electrons. The van der Waals surface area contributed by atoms with E-state index in [1.54, 1.807) is 0 Å². The molecule has 0 aromatic heterocycles. The number of ether oxygens (including phenoxy) is 3. The molecule has 0 saturated carbocycles. The van der Waals surface area contributed by atoms with Crippen molar-refractivity contribution in [1.29, 1.82) is 0 Å².